The van der Waals surface area contributed by atoms with Crippen molar-refractivity contribution in [3.05, 3.63) is 28.2 Å². The van der Waals surface area contributed by atoms with Crippen LogP contribution in [-0.4, -0.2) is 48.2 Å². The zero-order chi connectivity index (χ0) is 14.4. The van der Waals surface area contributed by atoms with Crippen LogP contribution >= 0.6 is 15.9 Å². The van der Waals surface area contributed by atoms with Crippen LogP contribution in [0.5, 0.6) is 0 Å². The molecule has 1 aromatic rings. The summed E-state index contributed by atoms with van der Waals surface area (Å²) in [5.74, 6) is -2.15. The predicted octanol–water partition coefficient (Wildman–Crippen LogP) is 0.453. The number of aliphatic hydroxyl groups is 2. The van der Waals surface area contributed by atoms with E-state index in [0.29, 0.717) is 6.07 Å². The van der Waals surface area contributed by atoms with Crippen LogP contribution in [0.1, 0.15) is 0 Å². The Kier molecular flexibility index (Phi) is 3.94. The molecule has 2 atom stereocenters. The van der Waals surface area contributed by atoms with Gasteiger partial charge in [-0.15, -0.1) is 0 Å². The Morgan fingerprint density at radius 1 is 1.21 bits per heavy atom. The third-order valence-electron chi connectivity index (χ3n) is 2.79. The molecule has 19 heavy (non-hydrogen) atoms. The van der Waals surface area contributed by atoms with Gasteiger partial charge in [-0.2, -0.15) is 4.31 Å². The van der Waals surface area contributed by atoms with Gasteiger partial charge in [0.05, 0.1) is 12.2 Å². The van der Waals surface area contributed by atoms with Crippen molar-refractivity contribution >= 4 is 26.0 Å². The number of halogens is 3. The highest BCUT2D eigenvalue weighted by molar-refractivity contribution is 9.10. The Balaban J connectivity index is 2.47. The highest BCUT2D eigenvalue weighted by Gasteiger charge is 2.39. The molecule has 106 valence electrons. The van der Waals surface area contributed by atoms with E-state index in [1.807, 2.05) is 0 Å². The van der Waals surface area contributed by atoms with Gasteiger partial charge in [-0.1, -0.05) is 0 Å². The second-order valence-corrected chi connectivity index (χ2v) is 6.88. The van der Waals surface area contributed by atoms with Crippen molar-refractivity contribution in [2.45, 2.75) is 17.1 Å². The van der Waals surface area contributed by atoms with E-state index in [4.69, 9.17) is 0 Å². The number of sulfonamides is 1. The van der Waals surface area contributed by atoms with E-state index in [1.54, 1.807) is 0 Å². The molecule has 1 aliphatic heterocycles. The highest BCUT2D eigenvalue weighted by atomic mass is 79.9. The molecule has 0 radical (unpaired) electrons. The molecule has 2 N–H and O–H groups in total. The van der Waals surface area contributed by atoms with Crippen molar-refractivity contribution in [1.29, 1.82) is 0 Å². The molecule has 0 bridgehead atoms. The van der Waals surface area contributed by atoms with Gasteiger partial charge in [0.25, 0.3) is 0 Å². The summed E-state index contributed by atoms with van der Waals surface area (Å²) in [6, 6.07) is 1.29. The fourth-order valence-electron chi connectivity index (χ4n) is 1.84. The third kappa shape index (κ3) is 2.65. The molecule has 2 unspecified atom stereocenters. The summed E-state index contributed by atoms with van der Waals surface area (Å²) >= 11 is 2.80. The summed E-state index contributed by atoms with van der Waals surface area (Å²) in [5.41, 5.74) is 0. The standard InChI is InChI=1S/C10H10BrF2NO4S/c11-6-1-5(12)2-7(13)10(6)19(17,18)14-3-8(15)9(16)4-14/h1-2,8-9,15-16H,3-4H2. The average molecular weight is 358 g/mol. The van der Waals surface area contributed by atoms with Crippen molar-refractivity contribution in [1.82, 2.24) is 4.31 Å². The van der Waals surface area contributed by atoms with Crippen LogP contribution in [0, 0.1) is 11.6 Å². The number of hydrogen-bond donors (Lipinski definition) is 2. The lowest BCUT2D eigenvalue weighted by molar-refractivity contribution is 0.0572. The topological polar surface area (TPSA) is 77.8 Å². The van der Waals surface area contributed by atoms with E-state index in [2.05, 4.69) is 15.9 Å². The van der Waals surface area contributed by atoms with Crippen LogP contribution in [0.4, 0.5) is 8.78 Å². The highest BCUT2D eigenvalue weighted by Crippen LogP contribution is 2.30. The Morgan fingerprint density at radius 2 is 1.74 bits per heavy atom. The van der Waals surface area contributed by atoms with E-state index >= 15 is 0 Å². The quantitative estimate of drug-likeness (QED) is 0.805. The first-order valence-electron chi connectivity index (χ1n) is 5.24. The number of benzene rings is 1. The zero-order valence-corrected chi connectivity index (χ0v) is 11.8. The van der Waals surface area contributed by atoms with Gasteiger partial charge in [0.1, 0.15) is 16.5 Å². The van der Waals surface area contributed by atoms with Crippen LogP contribution in [-0.2, 0) is 10.0 Å². The predicted molar refractivity (Wildman–Crippen MR) is 64.8 cm³/mol. The molecule has 9 heteroatoms. The van der Waals surface area contributed by atoms with E-state index in [1.165, 1.54) is 0 Å². The average Bonchev–Trinajstić information content (AvgIpc) is 2.57. The lowest BCUT2D eigenvalue weighted by Crippen LogP contribution is -2.31. The van der Waals surface area contributed by atoms with Crippen LogP contribution < -0.4 is 0 Å². The van der Waals surface area contributed by atoms with Gasteiger partial charge in [-0.05, 0) is 22.0 Å². The molecule has 0 saturated carbocycles. The minimum absolute atomic E-state index is 0.249. The summed E-state index contributed by atoms with van der Waals surface area (Å²) in [7, 11) is -4.26. The number of hydrogen-bond acceptors (Lipinski definition) is 4. The van der Waals surface area contributed by atoms with Gasteiger partial charge >= 0.3 is 0 Å². The monoisotopic (exact) mass is 357 g/mol. The molecule has 0 spiro atoms. The molecule has 1 aromatic carbocycles. The first-order valence-corrected chi connectivity index (χ1v) is 7.47. The van der Waals surface area contributed by atoms with Crippen LogP contribution in [0.3, 0.4) is 0 Å². The van der Waals surface area contributed by atoms with E-state index in [9.17, 15) is 27.4 Å². The zero-order valence-electron chi connectivity index (χ0n) is 9.42. The summed E-state index contributed by atoms with van der Waals surface area (Å²) in [6.45, 7) is -0.681. The number of β-amino-alcohol motifs (C(OH)–C–C–N with tert-alkyl or cyclic N) is 2. The van der Waals surface area contributed by atoms with Crippen LogP contribution in [0.15, 0.2) is 21.5 Å². The van der Waals surface area contributed by atoms with Crippen molar-refractivity contribution < 1.29 is 27.4 Å². The second-order valence-electron chi connectivity index (χ2n) is 4.16. The minimum Gasteiger partial charge on any atom is -0.389 e. The van der Waals surface area contributed by atoms with Gasteiger partial charge in [0.2, 0.25) is 10.0 Å². The Hall–Kier alpha value is -0.610. The lowest BCUT2D eigenvalue weighted by Gasteiger charge is -2.17. The van der Waals surface area contributed by atoms with Crippen LogP contribution in [0.2, 0.25) is 0 Å². The number of aliphatic hydroxyl groups excluding tert-OH is 2. The minimum atomic E-state index is -4.26. The smallest absolute Gasteiger partial charge is 0.247 e. The Labute approximate surface area is 116 Å². The lowest BCUT2D eigenvalue weighted by atomic mass is 10.3. The first kappa shape index (κ1) is 14.8. The molecule has 1 fully saturated rings. The molecular weight excluding hydrogens is 348 g/mol. The van der Waals surface area contributed by atoms with Crippen molar-refractivity contribution in [3.63, 3.8) is 0 Å². The summed E-state index contributed by atoms with van der Waals surface area (Å²) in [6.07, 6.45) is -2.45. The molecule has 0 aliphatic carbocycles. The van der Waals surface area contributed by atoms with Crippen LogP contribution in [0.25, 0.3) is 0 Å². The van der Waals surface area contributed by atoms with E-state index in [0.717, 1.165) is 10.4 Å². The van der Waals surface area contributed by atoms with Gasteiger partial charge in [0, 0.05) is 23.6 Å². The van der Waals surface area contributed by atoms with E-state index < -0.39 is 38.8 Å². The van der Waals surface area contributed by atoms with Crippen molar-refractivity contribution in [3.8, 4) is 0 Å². The maximum atomic E-state index is 13.7. The fourth-order valence-corrected chi connectivity index (χ4v) is 4.42. The summed E-state index contributed by atoms with van der Waals surface area (Å²) < 4.78 is 51.5. The summed E-state index contributed by atoms with van der Waals surface area (Å²) in [4.78, 5) is -0.713. The number of rotatable bonds is 2. The SMILES string of the molecule is O=S(=O)(c1c(F)cc(F)cc1Br)N1CC(O)C(O)C1. The summed E-state index contributed by atoms with van der Waals surface area (Å²) in [5, 5.41) is 18.7. The Bertz CT molecular complexity index is 577. The van der Waals surface area contributed by atoms with Gasteiger partial charge in [-0.25, -0.2) is 17.2 Å². The normalized spacial score (nSPS) is 24.9. The maximum Gasteiger partial charge on any atom is 0.247 e. The maximum absolute atomic E-state index is 13.7. The third-order valence-corrected chi connectivity index (χ3v) is 5.58. The van der Waals surface area contributed by atoms with Gasteiger partial charge in [-0.3, -0.25) is 0 Å². The molecule has 1 aliphatic rings. The first-order chi connectivity index (χ1) is 8.73. The van der Waals surface area contributed by atoms with Gasteiger partial charge < -0.3 is 10.2 Å². The fraction of sp³-hybridized carbons (Fsp3) is 0.400. The second kappa shape index (κ2) is 5.06. The van der Waals surface area contributed by atoms with Crippen molar-refractivity contribution in [2.24, 2.45) is 0 Å². The molecule has 1 saturated heterocycles. The molecule has 1 heterocycles. The van der Waals surface area contributed by atoms with Gasteiger partial charge in [0.15, 0.2) is 0 Å². The molecule has 2 rings (SSSR count). The molecule has 0 amide bonds. The van der Waals surface area contributed by atoms with Crippen molar-refractivity contribution in [2.75, 3.05) is 13.1 Å². The number of nitrogens with zero attached hydrogens (tertiary/aromatic N) is 1. The molecule has 0 aromatic heterocycles. The Morgan fingerprint density at radius 3 is 2.21 bits per heavy atom. The molecular formula is C10H10BrF2NO4S. The largest absolute Gasteiger partial charge is 0.389 e. The van der Waals surface area contributed by atoms with E-state index in [-0.39, 0.29) is 17.6 Å². The molecule has 5 nitrogen and oxygen atoms in total.